The van der Waals surface area contributed by atoms with Crippen LogP contribution in [-0.2, 0) is 14.9 Å². The molecule has 2 aliphatic rings. The Balaban J connectivity index is 2.06. The fraction of sp³-hybridized carbons (Fsp3) is 0.500. The summed E-state index contributed by atoms with van der Waals surface area (Å²) in [6.45, 7) is 5.90. The van der Waals surface area contributed by atoms with E-state index in [0.717, 1.165) is 17.5 Å². The number of Topliss-reactive ketones (excluding diaryl/α,β-unsaturated/α-hetero) is 1. The molecule has 0 radical (unpaired) electrons. The Kier molecular flexibility index (Phi) is 3.58. The molecule has 124 valence electrons. The smallest absolute Gasteiger partial charge is 0.265 e. The minimum absolute atomic E-state index is 0.0399. The first-order chi connectivity index (χ1) is 10.6. The third-order valence-electron chi connectivity index (χ3n) is 5.86. The summed E-state index contributed by atoms with van der Waals surface area (Å²) >= 11 is 0. The van der Waals surface area contributed by atoms with Gasteiger partial charge in [-0.1, -0.05) is 43.7 Å². The van der Waals surface area contributed by atoms with E-state index in [4.69, 9.17) is 0 Å². The summed E-state index contributed by atoms with van der Waals surface area (Å²) in [7, 11) is -4.21. The molecule has 0 spiro atoms. The van der Waals surface area contributed by atoms with E-state index in [1.54, 1.807) is 0 Å². The number of carbonyl (C=O) groups is 1. The number of carbonyl (C=O) groups excluding carboxylic acids is 1. The van der Waals surface area contributed by atoms with E-state index in [1.807, 2.05) is 51.1 Å². The van der Waals surface area contributed by atoms with Gasteiger partial charge in [0.05, 0.1) is 11.2 Å². The predicted octanol–water partition coefficient (Wildman–Crippen LogP) is 3.27. The van der Waals surface area contributed by atoms with Crippen LogP contribution in [-0.4, -0.2) is 24.5 Å². The summed E-state index contributed by atoms with van der Waals surface area (Å²) in [4.78, 5) is 13.0. The summed E-state index contributed by atoms with van der Waals surface area (Å²) in [6, 6.07) is 7.90. The number of fused-ring (bicyclic) bond motifs is 2. The molecule has 1 aromatic carbocycles. The fourth-order valence-corrected chi connectivity index (χ4v) is 5.71. The van der Waals surface area contributed by atoms with Crippen LogP contribution >= 0.6 is 0 Å². The SMILES string of the molecule is Cc1ccc(/C=C2\C(=O)C3(CS(=O)(=O)O)CCC2C3(C)C)cc1. The highest BCUT2D eigenvalue weighted by molar-refractivity contribution is 7.85. The molecule has 23 heavy (non-hydrogen) atoms. The Morgan fingerprint density at radius 1 is 1.26 bits per heavy atom. The molecule has 2 unspecified atom stereocenters. The second-order valence-electron chi connectivity index (χ2n) is 7.46. The Hall–Kier alpha value is -1.46. The van der Waals surface area contributed by atoms with Gasteiger partial charge in [-0.05, 0) is 42.7 Å². The van der Waals surface area contributed by atoms with E-state index in [2.05, 4.69) is 0 Å². The normalized spacial score (nSPS) is 31.0. The van der Waals surface area contributed by atoms with E-state index in [1.165, 1.54) is 0 Å². The summed E-state index contributed by atoms with van der Waals surface area (Å²) in [5, 5.41) is 0. The lowest BCUT2D eigenvalue weighted by atomic mass is 9.70. The van der Waals surface area contributed by atoms with Crippen LogP contribution < -0.4 is 0 Å². The van der Waals surface area contributed by atoms with Crippen molar-refractivity contribution in [2.45, 2.75) is 33.6 Å². The van der Waals surface area contributed by atoms with Gasteiger partial charge in [-0.3, -0.25) is 9.35 Å². The van der Waals surface area contributed by atoms with Crippen molar-refractivity contribution in [3.05, 3.63) is 41.0 Å². The molecule has 2 atom stereocenters. The van der Waals surface area contributed by atoms with Crippen LogP contribution in [0, 0.1) is 23.7 Å². The lowest BCUT2D eigenvalue weighted by Gasteiger charge is -2.34. The minimum Gasteiger partial charge on any atom is -0.294 e. The molecule has 3 rings (SSSR count). The zero-order valence-electron chi connectivity index (χ0n) is 13.7. The Bertz CT molecular complexity index is 787. The molecular weight excluding hydrogens is 312 g/mol. The number of aryl methyl sites for hydroxylation is 1. The van der Waals surface area contributed by atoms with Crippen LogP contribution in [0.25, 0.3) is 6.08 Å². The molecule has 2 fully saturated rings. The van der Waals surface area contributed by atoms with Crippen molar-refractivity contribution in [3.8, 4) is 0 Å². The van der Waals surface area contributed by atoms with E-state index >= 15 is 0 Å². The van der Waals surface area contributed by atoms with Gasteiger partial charge < -0.3 is 0 Å². The van der Waals surface area contributed by atoms with Crippen molar-refractivity contribution in [1.82, 2.24) is 0 Å². The van der Waals surface area contributed by atoms with Crippen LogP contribution in [0.2, 0.25) is 0 Å². The molecule has 0 amide bonds. The van der Waals surface area contributed by atoms with Crippen LogP contribution in [0.15, 0.2) is 29.8 Å². The second-order valence-corrected chi connectivity index (χ2v) is 8.91. The molecule has 5 heteroatoms. The van der Waals surface area contributed by atoms with Crippen LogP contribution in [0.4, 0.5) is 0 Å². The van der Waals surface area contributed by atoms with Crippen LogP contribution in [0.5, 0.6) is 0 Å². The van der Waals surface area contributed by atoms with Crippen molar-refractivity contribution in [2.75, 3.05) is 5.75 Å². The first-order valence-corrected chi connectivity index (χ1v) is 9.46. The quantitative estimate of drug-likeness (QED) is 0.680. The summed E-state index contributed by atoms with van der Waals surface area (Å²) in [6.07, 6.45) is 3.19. The zero-order chi connectivity index (χ0) is 17.0. The fourth-order valence-electron chi connectivity index (χ4n) is 4.44. The maximum Gasteiger partial charge on any atom is 0.265 e. The standard InChI is InChI=1S/C18H22O4S/c1-12-4-6-13(7-5-12)10-14-15-8-9-18(16(14)19,17(15,2)3)11-23(20,21)22/h4-7,10,15H,8-9,11H2,1-3H3,(H,20,21,22)/b14-10-. The van der Waals surface area contributed by atoms with Gasteiger partial charge in [-0.25, -0.2) is 0 Å². The molecule has 1 aromatic rings. The van der Waals surface area contributed by atoms with Crippen molar-refractivity contribution >= 4 is 22.0 Å². The number of hydrogen-bond donors (Lipinski definition) is 1. The Labute approximate surface area is 137 Å². The van der Waals surface area contributed by atoms with Gasteiger partial charge in [0.25, 0.3) is 10.1 Å². The molecule has 2 aliphatic carbocycles. The van der Waals surface area contributed by atoms with E-state index in [9.17, 15) is 17.8 Å². The van der Waals surface area contributed by atoms with Gasteiger partial charge in [-0.15, -0.1) is 0 Å². The highest BCUT2D eigenvalue weighted by Crippen LogP contribution is 2.66. The van der Waals surface area contributed by atoms with Crippen LogP contribution in [0.1, 0.15) is 37.8 Å². The monoisotopic (exact) mass is 334 g/mol. The van der Waals surface area contributed by atoms with Gasteiger partial charge in [0.1, 0.15) is 0 Å². The molecular formula is C18H22O4S. The van der Waals surface area contributed by atoms with Crippen molar-refractivity contribution in [2.24, 2.45) is 16.7 Å². The lowest BCUT2D eigenvalue weighted by molar-refractivity contribution is -0.125. The van der Waals surface area contributed by atoms with Gasteiger partial charge in [-0.2, -0.15) is 8.42 Å². The summed E-state index contributed by atoms with van der Waals surface area (Å²) in [5.74, 6) is -0.553. The van der Waals surface area contributed by atoms with Crippen molar-refractivity contribution < 1.29 is 17.8 Å². The Morgan fingerprint density at radius 3 is 2.43 bits per heavy atom. The predicted molar refractivity (Wildman–Crippen MR) is 89.5 cm³/mol. The highest BCUT2D eigenvalue weighted by atomic mass is 32.2. The van der Waals surface area contributed by atoms with E-state index in [-0.39, 0.29) is 11.7 Å². The number of rotatable bonds is 3. The van der Waals surface area contributed by atoms with Crippen molar-refractivity contribution in [1.29, 1.82) is 0 Å². The zero-order valence-corrected chi connectivity index (χ0v) is 14.5. The number of ketones is 1. The molecule has 2 bridgehead atoms. The maximum absolute atomic E-state index is 13.0. The number of allylic oxidation sites excluding steroid dienone is 1. The maximum atomic E-state index is 13.0. The largest absolute Gasteiger partial charge is 0.294 e. The molecule has 0 heterocycles. The first kappa shape index (κ1) is 16.4. The molecule has 4 nitrogen and oxygen atoms in total. The second kappa shape index (κ2) is 5.02. The van der Waals surface area contributed by atoms with Crippen molar-refractivity contribution in [3.63, 3.8) is 0 Å². The lowest BCUT2D eigenvalue weighted by Crippen LogP contribution is -2.42. The average molecular weight is 334 g/mol. The number of benzene rings is 1. The first-order valence-electron chi connectivity index (χ1n) is 7.85. The van der Waals surface area contributed by atoms with Gasteiger partial charge in [0.2, 0.25) is 0 Å². The molecule has 2 saturated carbocycles. The highest BCUT2D eigenvalue weighted by Gasteiger charge is 2.67. The molecule has 1 N–H and O–H groups in total. The topological polar surface area (TPSA) is 71.4 Å². The molecule has 0 aliphatic heterocycles. The van der Waals surface area contributed by atoms with Crippen LogP contribution in [0.3, 0.4) is 0 Å². The number of hydrogen-bond acceptors (Lipinski definition) is 3. The molecule has 0 aromatic heterocycles. The van der Waals surface area contributed by atoms with E-state index < -0.39 is 26.7 Å². The van der Waals surface area contributed by atoms with Gasteiger partial charge in [0.15, 0.2) is 5.78 Å². The van der Waals surface area contributed by atoms with Gasteiger partial charge >= 0.3 is 0 Å². The molecule has 0 saturated heterocycles. The Morgan fingerprint density at radius 2 is 1.87 bits per heavy atom. The third kappa shape index (κ3) is 2.46. The van der Waals surface area contributed by atoms with E-state index in [0.29, 0.717) is 12.0 Å². The third-order valence-corrected chi connectivity index (χ3v) is 6.72. The summed E-state index contributed by atoms with van der Waals surface area (Å²) < 4.78 is 32.3. The van der Waals surface area contributed by atoms with Gasteiger partial charge in [0, 0.05) is 5.57 Å². The average Bonchev–Trinajstić information content (AvgIpc) is 2.74. The summed E-state index contributed by atoms with van der Waals surface area (Å²) in [5.41, 5.74) is 1.34. The minimum atomic E-state index is -4.21.